The second-order valence-electron chi connectivity index (χ2n) is 3.44. The van der Waals surface area contributed by atoms with Crippen LogP contribution in [0.15, 0.2) is 0 Å². The highest BCUT2D eigenvalue weighted by Gasteiger charge is 2.30. The second-order valence-corrected chi connectivity index (χ2v) is 5.56. The molecule has 0 saturated heterocycles. The Balaban J connectivity index is 4.46. The largest absolute Gasteiger partial charge is 0.407 e. The Morgan fingerprint density at radius 3 is 1.93 bits per heavy atom. The van der Waals surface area contributed by atoms with Gasteiger partial charge in [0.1, 0.15) is 0 Å². The lowest BCUT2D eigenvalue weighted by Gasteiger charge is -2.28. The lowest BCUT2D eigenvalue weighted by atomic mass is 10.4. The van der Waals surface area contributed by atoms with Crippen LogP contribution in [0.5, 0.6) is 0 Å². The predicted octanol–water partition coefficient (Wildman–Crippen LogP) is 3.29. The highest BCUT2D eigenvalue weighted by atomic mass is 31.2. The quantitative estimate of drug-likeness (QED) is 0.577. The van der Waals surface area contributed by atoms with Gasteiger partial charge in [0.2, 0.25) is 0 Å². The molecule has 5 heteroatoms. The molecule has 15 heavy (non-hydrogen) atoms. The van der Waals surface area contributed by atoms with Crippen LogP contribution in [0.1, 0.15) is 40.0 Å². The van der Waals surface area contributed by atoms with Crippen molar-refractivity contribution >= 4 is 7.75 Å². The molecule has 0 saturated carbocycles. The van der Waals surface area contributed by atoms with E-state index < -0.39 is 7.75 Å². The highest BCUT2D eigenvalue weighted by molar-refractivity contribution is 7.51. The van der Waals surface area contributed by atoms with E-state index in [1.54, 1.807) is 0 Å². The maximum absolute atomic E-state index is 12.3. The molecule has 0 bridgehead atoms. The Labute approximate surface area is 93.5 Å². The minimum atomic E-state index is -3.03. The summed E-state index contributed by atoms with van der Waals surface area (Å²) in [4.78, 5) is 0. The van der Waals surface area contributed by atoms with Crippen LogP contribution in [0.3, 0.4) is 0 Å². The van der Waals surface area contributed by atoms with E-state index in [1.165, 1.54) is 7.11 Å². The molecule has 0 heterocycles. The topological polar surface area (TPSA) is 38.8 Å². The SMILES string of the molecule is CCCOP(=O)(OC)N(CCC)CCC. The molecule has 0 fully saturated rings. The lowest BCUT2D eigenvalue weighted by Crippen LogP contribution is -2.24. The summed E-state index contributed by atoms with van der Waals surface area (Å²) in [5.74, 6) is 0. The van der Waals surface area contributed by atoms with Gasteiger partial charge in [-0.3, -0.25) is 9.05 Å². The minimum Gasteiger partial charge on any atom is -0.300 e. The molecule has 0 aromatic rings. The molecule has 0 radical (unpaired) electrons. The Morgan fingerprint density at radius 1 is 1.07 bits per heavy atom. The molecule has 0 aliphatic heterocycles. The van der Waals surface area contributed by atoms with E-state index in [0.29, 0.717) is 6.61 Å². The molecule has 0 aliphatic rings. The van der Waals surface area contributed by atoms with Gasteiger partial charge in [-0.2, -0.15) is 0 Å². The third-order valence-electron chi connectivity index (χ3n) is 2.00. The number of hydrogen-bond acceptors (Lipinski definition) is 3. The van der Waals surface area contributed by atoms with Gasteiger partial charge < -0.3 is 0 Å². The number of hydrogen-bond donors (Lipinski definition) is 0. The Morgan fingerprint density at radius 2 is 1.60 bits per heavy atom. The van der Waals surface area contributed by atoms with Crippen molar-refractivity contribution < 1.29 is 13.6 Å². The predicted molar refractivity (Wildman–Crippen MR) is 63.0 cm³/mol. The molecule has 0 aromatic carbocycles. The van der Waals surface area contributed by atoms with Crippen LogP contribution in [0, 0.1) is 0 Å². The fourth-order valence-corrected chi connectivity index (χ4v) is 3.13. The molecule has 92 valence electrons. The Kier molecular flexibility index (Phi) is 8.34. The van der Waals surface area contributed by atoms with Gasteiger partial charge in [-0.25, -0.2) is 9.24 Å². The van der Waals surface area contributed by atoms with Crippen molar-refractivity contribution in [3.05, 3.63) is 0 Å². The van der Waals surface area contributed by atoms with Gasteiger partial charge in [-0.05, 0) is 19.3 Å². The molecule has 1 atom stereocenters. The zero-order valence-electron chi connectivity index (χ0n) is 10.4. The molecule has 0 aliphatic carbocycles. The number of rotatable bonds is 9. The first-order valence-electron chi connectivity index (χ1n) is 5.70. The first kappa shape index (κ1) is 15.1. The van der Waals surface area contributed by atoms with Crippen LogP contribution < -0.4 is 0 Å². The van der Waals surface area contributed by atoms with Crippen molar-refractivity contribution in [1.82, 2.24) is 4.67 Å². The maximum Gasteiger partial charge on any atom is 0.407 e. The summed E-state index contributed by atoms with van der Waals surface area (Å²) >= 11 is 0. The standard InChI is InChI=1S/C10H24NO3P/c1-5-8-11(9-6-2)15(12,13-4)14-10-7-3/h5-10H2,1-4H3. The van der Waals surface area contributed by atoms with E-state index in [-0.39, 0.29) is 0 Å². The van der Waals surface area contributed by atoms with Crippen molar-refractivity contribution in [3.63, 3.8) is 0 Å². The Hall–Kier alpha value is 0.110. The lowest BCUT2D eigenvalue weighted by molar-refractivity contribution is 0.178. The van der Waals surface area contributed by atoms with Crippen LogP contribution in [-0.4, -0.2) is 31.5 Å². The van der Waals surface area contributed by atoms with Gasteiger partial charge in [0.05, 0.1) is 6.61 Å². The summed E-state index contributed by atoms with van der Waals surface area (Å²) in [5, 5.41) is 0. The van der Waals surface area contributed by atoms with Gasteiger partial charge >= 0.3 is 7.75 Å². The second kappa shape index (κ2) is 8.28. The van der Waals surface area contributed by atoms with Gasteiger partial charge in [0.15, 0.2) is 0 Å². The summed E-state index contributed by atoms with van der Waals surface area (Å²) in [6.07, 6.45) is 2.74. The fourth-order valence-electron chi connectivity index (χ4n) is 1.33. The van der Waals surface area contributed by atoms with Crippen LogP contribution >= 0.6 is 7.75 Å². The fraction of sp³-hybridized carbons (Fsp3) is 1.00. The summed E-state index contributed by atoms with van der Waals surface area (Å²) in [6.45, 7) is 8.09. The molecular weight excluding hydrogens is 213 g/mol. The molecule has 0 spiro atoms. The van der Waals surface area contributed by atoms with E-state index in [2.05, 4.69) is 13.8 Å². The summed E-state index contributed by atoms with van der Waals surface area (Å²) in [6, 6.07) is 0. The monoisotopic (exact) mass is 237 g/mol. The number of nitrogens with zero attached hydrogens (tertiary/aromatic N) is 1. The zero-order chi connectivity index (χ0) is 11.7. The van der Waals surface area contributed by atoms with Gasteiger partial charge in [0.25, 0.3) is 0 Å². The highest BCUT2D eigenvalue weighted by Crippen LogP contribution is 2.51. The van der Waals surface area contributed by atoms with E-state index in [4.69, 9.17) is 9.05 Å². The first-order chi connectivity index (χ1) is 7.14. The summed E-state index contributed by atoms with van der Waals surface area (Å²) in [7, 11) is -1.57. The van der Waals surface area contributed by atoms with Gasteiger partial charge in [-0.1, -0.05) is 20.8 Å². The van der Waals surface area contributed by atoms with E-state index >= 15 is 0 Å². The van der Waals surface area contributed by atoms with Gasteiger partial charge in [0, 0.05) is 20.2 Å². The van der Waals surface area contributed by atoms with Gasteiger partial charge in [-0.15, -0.1) is 0 Å². The molecule has 4 nitrogen and oxygen atoms in total. The maximum atomic E-state index is 12.3. The van der Waals surface area contributed by atoms with E-state index in [0.717, 1.165) is 32.4 Å². The minimum absolute atomic E-state index is 0.481. The average molecular weight is 237 g/mol. The smallest absolute Gasteiger partial charge is 0.300 e. The summed E-state index contributed by atoms with van der Waals surface area (Å²) in [5.41, 5.74) is 0. The average Bonchev–Trinajstić information content (AvgIpc) is 2.25. The normalized spacial score (nSPS) is 15.5. The van der Waals surface area contributed by atoms with Crippen molar-refractivity contribution in [2.24, 2.45) is 0 Å². The van der Waals surface area contributed by atoms with E-state index in [1.807, 2.05) is 11.6 Å². The Bertz CT molecular complexity index is 193. The molecule has 0 aromatic heterocycles. The van der Waals surface area contributed by atoms with Crippen molar-refractivity contribution in [1.29, 1.82) is 0 Å². The zero-order valence-corrected chi connectivity index (χ0v) is 11.3. The van der Waals surface area contributed by atoms with Crippen LogP contribution in [0.25, 0.3) is 0 Å². The molecule has 0 N–H and O–H groups in total. The molecular formula is C10H24NO3P. The van der Waals surface area contributed by atoms with Crippen LogP contribution in [0.2, 0.25) is 0 Å². The van der Waals surface area contributed by atoms with E-state index in [9.17, 15) is 4.57 Å². The first-order valence-corrected chi connectivity index (χ1v) is 7.19. The van der Waals surface area contributed by atoms with Crippen molar-refractivity contribution in [3.8, 4) is 0 Å². The van der Waals surface area contributed by atoms with Crippen molar-refractivity contribution in [2.75, 3.05) is 26.8 Å². The third kappa shape index (κ3) is 5.12. The van der Waals surface area contributed by atoms with Crippen LogP contribution in [0.4, 0.5) is 0 Å². The molecule has 0 amide bonds. The third-order valence-corrected chi connectivity index (χ3v) is 4.06. The molecule has 1 unspecified atom stereocenters. The van der Waals surface area contributed by atoms with Crippen molar-refractivity contribution in [2.45, 2.75) is 40.0 Å². The van der Waals surface area contributed by atoms with Crippen LogP contribution in [-0.2, 0) is 13.6 Å². The molecule has 0 rings (SSSR count). The summed E-state index contributed by atoms with van der Waals surface area (Å²) < 4.78 is 24.5.